The second-order valence-corrected chi connectivity index (χ2v) is 15.2. The number of hydrogen-bond donors (Lipinski definition) is 6. The van der Waals surface area contributed by atoms with Gasteiger partial charge >= 0.3 is 0 Å². The molecule has 7 N–H and O–H groups in total. The molecule has 1 spiro atoms. The summed E-state index contributed by atoms with van der Waals surface area (Å²) in [5.41, 5.74) is 16.6. The van der Waals surface area contributed by atoms with E-state index in [1.54, 1.807) is 5.56 Å². The monoisotopic (exact) mass is 645 g/mol. The van der Waals surface area contributed by atoms with Crippen molar-refractivity contribution in [2.75, 3.05) is 13.1 Å². The summed E-state index contributed by atoms with van der Waals surface area (Å²) in [5, 5.41) is 17.9. The fourth-order valence-electron chi connectivity index (χ4n) is 9.27. The molecule has 1 saturated carbocycles. The molecule has 1 amide bonds. The summed E-state index contributed by atoms with van der Waals surface area (Å²) < 4.78 is 0. The Kier molecular flexibility index (Phi) is 8.38. The van der Waals surface area contributed by atoms with E-state index in [2.05, 4.69) is 81.0 Å². The topological polar surface area (TPSA) is 106 Å². The lowest BCUT2D eigenvalue weighted by atomic mass is 9.76. The fourth-order valence-corrected chi connectivity index (χ4v) is 9.27. The smallest absolute Gasteiger partial charge is 0.240 e. The Labute approximate surface area is 285 Å². The molecule has 0 radical (unpaired) electrons. The maximum Gasteiger partial charge on any atom is 0.240 e. The number of likely N-dealkylation sites (tertiary alicyclic amines) is 1. The van der Waals surface area contributed by atoms with Crippen LogP contribution in [0.15, 0.2) is 54.5 Å². The summed E-state index contributed by atoms with van der Waals surface area (Å²) in [6.45, 7) is 5.90. The number of rotatable bonds is 6. The van der Waals surface area contributed by atoms with Crippen LogP contribution < -0.4 is 32.3 Å². The lowest BCUT2D eigenvalue weighted by molar-refractivity contribution is -0.134. The van der Waals surface area contributed by atoms with Crippen molar-refractivity contribution in [1.29, 1.82) is 0 Å². The van der Waals surface area contributed by atoms with Crippen LogP contribution in [-0.2, 0) is 16.6 Å². The van der Waals surface area contributed by atoms with Gasteiger partial charge in [-0.25, -0.2) is 0 Å². The van der Waals surface area contributed by atoms with Crippen LogP contribution >= 0.6 is 0 Å². The minimum atomic E-state index is -0.455. The first-order valence-electron chi connectivity index (χ1n) is 18.4. The summed E-state index contributed by atoms with van der Waals surface area (Å²) in [6.07, 6.45) is 16.3. The van der Waals surface area contributed by atoms with Gasteiger partial charge in [0.25, 0.3) is 0 Å². The van der Waals surface area contributed by atoms with Gasteiger partial charge < -0.3 is 37.2 Å². The third-order valence-corrected chi connectivity index (χ3v) is 12.0. The molecular weight excluding hydrogens is 594 g/mol. The first kappa shape index (κ1) is 31.3. The van der Waals surface area contributed by atoms with Gasteiger partial charge in [-0.15, -0.1) is 0 Å². The molecule has 2 saturated heterocycles. The van der Waals surface area contributed by atoms with Gasteiger partial charge in [-0.2, -0.15) is 0 Å². The molecule has 8 heteroatoms. The van der Waals surface area contributed by atoms with Gasteiger partial charge in [0.05, 0.1) is 17.8 Å². The zero-order chi connectivity index (χ0) is 32.8. The normalized spacial score (nSPS) is 27.5. The molecule has 48 heavy (non-hydrogen) atoms. The zero-order valence-corrected chi connectivity index (χ0v) is 28.5. The Balaban J connectivity index is 1.00. The van der Waals surface area contributed by atoms with Gasteiger partial charge in [0, 0.05) is 30.5 Å². The molecule has 0 bridgehead atoms. The van der Waals surface area contributed by atoms with Gasteiger partial charge in [-0.1, -0.05) is 62.9 Å². The van der Waals surface area contributed by atoms with E-state index in [4.69, 9.17) is 5.73 Å². The van der Waals surface area contributed by atoms with Gasteiger partial charge in [-0.05, 0) is 109 Å². The minimum Gasteiger partial charge on any atom is -0.368 e. The molecule has 3 fully saturated rings. The maximum absolute atomic E-state index is 13.1. The van der Waals surface area contributed by atoms with Crippen LogP contribution in [0.5, 0.6) is 0 Å². The standard InChI is InChI=1S/C40H51N7O/c1-25(2)36(41)39(48)47-22-6-8-34(47)38-44-24-33(46-38)28-11-9-26(10-12-28)30-16-14-27(31-17-20-40(35(30)31)18-3-4-19-40)13-15-29-23-43-37(45-29)32-7-5-21-42-32/h9-12,14,16,23-25,32,34,36-38,42-46H,3-8,17-22,41H2,1-2H3/t32-,34-,36+,37?,38?/m0/s1. The molecule has 6 aliphatic rings. The van der Waals surface area contributed by atoms with Gasteiger partial charge in [0.2, 0.25) is 5.91 Å². The molecule has 5 atom stereocenters. The molecule has 2 aliphatic carbocycles. The van der Waals surface area contributed by atoms with Crippen molar-refractivity contribution in [3.05, 3.63) is 76.7 Å². The first-order valence-corrected chi connectivity index (χ1v) is 18.4. The average molecular weight is 646 g/mol. The lowest BCUT2D eigenvalue weighted by Crippen LogP contribution is -2.55. The van der Waals surface area contributed by atoms with Crippen molar-refractivity contribution >= 4 is 11.6 Å². The van der Waals surface area contributed by atoms with Gasteiger partial charge in [0.1, 0.15) is 18.0 Å². The van der Waals surface area contributed by atoms with E-state index in [1.807, 2.05) is 24.9 Å². The quantitative estimate of drug-likeness (QED) is 0.259. The number of amides is 1. The minimum absolute atomic E-state index is 0.0131. The van der Waals surface area contributed by atoms with Crippen molar-refractivity contribution < 1.29 is 4.79 Å². The predicted molar refractivity (Wildman–Crippen MR) is 192 cm³/mol. The van der Waals surface area contributed by atoms with Crippen LogP contribution in [0.2, 0.25) is 0 Å². The molecule has 8 rings (SSSR count). The summed E-state index contributed by atoms with van der Waals surface area (Å²) >= 11 is 0. The second kappa shape index (κ2) is 12.8. The van der Waals surface area contributed by atoms with Gasteiger partial charge in [0.15, 0.2) is 0 Å². The summed E-state index contributed by atoms with van der Waals surface area (Å²) in [7, 11) is 0. The van der Waals surface area contributed by atoms with Crippen LogP contribution in [0.25, 0.3) is 16.8 Å². The summed E-state index contributed by atoms with van der Waals surface area (Å²) in [4.78, 5) is 15.1. The third-order valence-electron chi connectivity index (χ3n) is 12.0. The van der Waals surface area contributed by atoms with Crippen molar-refractivity contribution in [3.63, 3.8) is 0 Å². The zero-order valence-electron chi connectivity index (χ0n) is 28.5. The number of nitrogens with two attached hydrogens (primary N) is 1. The highest BCUT2D eigenvalue weighted by Crippen LogP contribution is 2.54. The number of benzene rings is 2. The SMILES string of the molecule is CC(C)[C@@H](N)C(=O)N1CCC[C@H]1C1NC=C(c2ccc(-c3ccc(C#CC4=CNC([C@@H]5CCCN5)N4)c4c3C3(CCCC3)CC4)cc2)N1. The fraction of sp³-hybridized carbons (Fsp3) is 0.525. The van der Waals surface area contributed by atoms with Crippen LogP contribution in [-0.4, -0.2) is 54.4 Å². The number of allylic oxidation sites excluding steroid dienone is 1. The Hall–Kier alpha value is -3.93. The molecule has 8 nitrogen and oxygen atoms in total. The van der Waals surface area contributed by atoms with Crippen molar-refractivity contribution in [2.45, 2.75) is 114 Å². The number of hydrogen-bond acceptors (Lipinski definition) is 7. The molecule has 252 valence electrons. The van der Waals surface area contributed by atoms with E-state index in [0.717, 1.165) is 49.3 Å². The molecule has 0 aromatic heterocycles. The number of carbonyl (C=O) groups is 1. The highest BCUT2D eigenvalue weighted by Gasteiger charge is 2.43. The molecule has 4 aliphatic heterocycles. The Morgan fingerprint density at radius 3 is 2.46 bits per heavy atom. The van der Waals surface area contributed by atoms with Crippen molar-refractivity contribution in [3.8, 4) is 23.0 Å². The number of fused-ring (bicyclic) bond motifs is 2. The van der Waals surface area contributed by atoms with Gasteiger partial charge in [-0.3, -0.25) is 4.79 Å². The number of nitrogens with zero attached hydrogens (tertiary/aromatic N) is 1. The molecule has 2 aromatic rings. The molecule has 4 heterocycles. The van der Waals surface area contributed by atoms with E-state index >= 15 is 0 Å². The largest absolute Gasteiger partial charge is 0.368 e. The average Bonchev–Trinajstić information content (AvgIpc) is 3.96. The first-order chi connectivity index (χ1) is 23.4. The number of carbonyl (C=O) groups excluding carboxylic acids is 1. The van der Waals surface area contributed by atoms with Crippen molar-refractivity contribution in [1.82, 2.24) is 31.5 Å². The van der Waals surface area contributed by atoms with E-state index in [9.17, 15) is 4.79 Å². The summed E-state index contributed by atoms with van der Waals surface area (Å²) in [5.74, 6) is 7.24. The molecular formula is C40H51N7O. The van der Waals surface area contributed by atoms with Crippen LogP contribution in [0.1, 0.15) is 93.9 Å². The lowest BCUT2D eigenvalue weighted by Gasteiger charge is -2.33. The third kappa shape index (κ3) is 5.65. The Morgan fingerprint density at radius 2 is 1.69 bits per heavy atom. The Morgan fingerprint density at radius 1 is 0.896 bits per heavy atom. The van der Waals surface area contributed by atoms with Crippen LogP contribution in [0.3, 0.4) is 0 Å². The van der Waals surface area contributed by atoms with Crippen LogP contribution in [0, 0.1) is 17.8 Å². The summed E-state index contributed by atoms with van der Waals surface area (Å²) in [6, 6.07) is 13.7. The van der Waals surface area contributed by atoms with Crippen LogP contribution in [0.4, 0.5) is 0 Å². The predicted octanol–water partition coefficient (Wildman–Crippen LogP) is 4.37. The highest BCUT2D eigenvalue weighted by molar-refractivity contribution is 5.83. The Bertz CT molecular complexity index is 1670. The van der Waals surface area contributed by atoms with E-state index in [0.29, 0.717) is 6.04 Å². The molecule has 2 aromatic carbocycles. The van der Waals surface area contributed by atoms with Crippen molar-refractivity contribution in [2.24, 2.45) is 11.7 Å². The molecule has 2 unspecified atom stereocenters. The second-order valence-electron chi connectivity index (χ2n) is 15.2. The highest BCUT2D eigenvalue weighted by atomic mass is 16.2. The van der Waals surface area contributed by atoms with E-state index < -0.39 is 6.04 Å². The maximum atomic E-state index is 13.1. The van der Waals surface area contributed by atoms with E-state index in [-0.39, 0.29) is 35.6 Å². The number of nitrogens with one attached hydrogen (secondary N) is 5. The van der Waals surface area contributed by atoms with E-state index in [1.165, 1.54) is 67.2 Å².